The zero-order chi connectivity index (χ0) is 21.4. The van der Waals surface area contributed by atoms with Gasteiger partial charge in [-0.3, -0.25) is 14.2 Å². The summed E-state index contributed by atoms with van der Waals surface area (Å²) in [5.74, 6) is -0.277. The van der Waals surface area contributed by atoms with Crippen molar-refractivity contribution < 1.29 is 9.18 Å². The Balaban J connectivity index is 1.41. The van der Waals surface area contributed by atoms with Gasteiger partial charge in [0.2, 0.25) is 0 Å². The Kier molecular flexibility index (Phi) is 5.16. The maximum absolute atomic E-state index is 13.2. The van der Waals surface area contributed by atoms with Crippen LogP contribution in [0.4, 0.5) is 4.39 Å². The van der Waals surface area contributed by atoms with Crippen LogP contribution in [0.2, 0.25) is 5.02 Å². The summed E-state index contributed by atoms with van der Waals surface area (Å²) in [6.07, 6.45) is 5.48. The van der Waals surface area contributed by atoms with E-state index in [0.29, 0.717) is 23.7 Å². The van der Waals surface area contributed by atoms with Gasteiger partial charge in [-0.15, -0.1) is 0 Å². The maximum atomic E-state index is 13.2. The third-order valence-corrected chi connectivity index (χ3v) is 5.94. The van der Waals surface area contributed by atoms with Crippen LogP contribution in [0.15, 0.2) is 67.0 Å². The normalized spacial score (nSPS) is 16.6. The predicted molar refractivity (Wildman–Crippen MR) is 118 cm³/mol. The molecule has 1 aliphatic rings. The van der Waals surface area contributed by atoms with Crippen LogP contribution >= 0.6 is 11.6 Å². The Hall–Kier alpha value is -3.25. The third kappa shape index (κ3) is 3.91. The summed E-state index contributed by atoms with van der Waals surface area (Å²) in [5, 5.41) is 0.630. The van der Waals surface area contributed by atoms with E-state index in [0.717, 1.165) is 35.6 Å². The molecule has 0 bridgehead atoms. The number of amides is 1. The first-order valence-corrected chi connectivity index (χ1v) is 10.6. The van der Waals surface area contributed by atoms with Gasteiger partial charge >= 0.3 is 0 Å². The molecular weight excluding hydrogens is 415 g/mol. The summed E-state index contributed by atoms with van der Waals surface area (Å²) in [6.45, 7) is 1.28. The molecule has 1 atom stereocenters. The third-order valence-electron chi connectivity index (χ3n) is 5.72. The topological polar surface area (TPSA) is 50.5 Å². The Bertz CT molecular complexity index is 1250. The molecule has 1 aliphatic heterocycles. The molecule has 0 saturated carbocycles. The Morgan fingerprint density at radius 3 is 2.77 bits per heavy atom. The number of carbonyl (C=O) groups is 1. The molecule has 1 aromatic carbocycles. The van der Waals surface area contributed by atoms with E-state index < -0.39 is 0 Å². The number of hydrogen-bond donors (Lipinski definition) is 0. The van der Waals surface area contributed by atoms with Crippen LogP contribution in [-0.4, -0.2) is 38.3 Å². The molecule has 0 radical (unpaired) electrons. The second-order valence-electron chi connectivity index (χ2n) is 7.76. The van der Waals surface area contributed by atoms with Crippen LogP contribution in [0.3, 0.4) is 0 Å². The first-order chi connectivity index (χ1) is 15.1. The van der Waals surface area contributed by atoms with E-state index in [-0.39, 0.29) is 17.6 Å². The molecule has 0 N–H and O–H groups in total. The Morgan fingerprint density at radius 1 is 1.10 bits per heavy atom. The van der Waals surface area contributed by atoms with Gasteiger partial charge in [0.25, 0.3) is 5.91 Å². The molecule has 0 spiro atoms. The van der Waals surface area contributed by atoms with Gasteiger partial charge in [-0.2, -0.15) is 0 Å². The second kappa shape index (κ2) is 8.12. The fraction of sp³-hybridized carbons (Fsp3) is 0.208. The SMILES string of the molecule is O=C(c1ccc(F)cc1)N1CCC[C@H](c2cccc(-c3cnc4ccc(Cl)cn34)n2)C1. The van der Waals surface area contributed by atoms with E-state index in [4.69, 9.17) is 16.6 Å². The Morgan fingerprint density at radius 2 is 1.94 bits per heavy atom. The van der Waals surface area contributed by atoms with E-state index in [1.807, 2.05) is 45.8 Å². The van der Waals surface area contributed by atoms with Gasteiger partial charge in [-0.05, 0) is 61.4 Å². The number of pyridine rings is 2. The summed E-state index contributed by atoms with van der Waals surface area (Å²) >= 11 is 6.17. The van der Waals surface area contributed by atoms with Gasteiger partial charge in [-0.25, -0.2) is 9.37 Å². The number of benzene rings is 1. The van der Waals surface area contributed by atoms with Gasteiger partial charge in [0, 0.05) is 36.5 Å². The van der Waals surface area contributed by atoms with Crippen LogP contribution in [0.25, 0.3) is 17.0 Å². The van der Waals surface area contributed by atoms with Crippen molar-refractivity contribution in [3.63, 3.8) is 0 Å². The number of halogens is 2. The van der Waals surface area contributed by atoms with Gasteiger partial charge in [0.15, 0.2) is 0 Å². The summed E-state index contributed by atoms with van der Waals surface area (Å²) in [7, 11) is 0. The molecule has 3 aromatic heterocycles. The molecule has 4 aromatic rings. The molecule has 1 fully saturated rings. The largest absolute Gasteiger partial charge is 0.338 e. The fourth-order valence-corrected chi connectivity index (χ4v) is 4.30. The van der Waals surface area contributed by atoms with E-state index >= 15 is 0 Å². The number of carbonyl (C=O) groups excluding carboxylic acids is 1. The van der Waals surface area contributed by atoms with Crippen molar-refractivity contribution in [1.82, 2.24) is 19.3 Å². The lowest BCUT2D eigenvalue weighted by atomic mass is 9.93. The van der Waals surface area contributed by atoms with E-state index in [1.54, 1.807) is 6.20 Å². The first-order valence-electron chi connectivity index (χ1n) is 10.2. The van der Waals surface area contributed by atoms with E-state index in [2.05, 4.69) is 4.98 Å². The highest BCUT2D eigenvalue weighted by Gasteiger charge is 2.26. The first kappa shape index (κ1) is 19.7. The number of imidazole rings is 1. The van der Waals surface area contributed by atoms with Crippen molar-refractivity contribution in [2.75, 3.05) is 13.1 Å². The van der Waals surface area contributed by atoms with Crippen LogP contribution < -0.4 is 0 Å². The van der Waals surface area contributed by atoms with E-state index in [9.17, 15) is 9.18 Å². The van der Waals surface area contributed by atoms with E-state index in [1.165, 1.54) is 24.3 Å². The molecule has 0 unspecified atom stereocenters. The number of nitrogens with zero attached hydrogens (tertiary/aromatic N) is 4. The number of hydrogen-bond acceptors (Lipinski definition) is 3. The zero-order valence-corrected chi connectivity index (χ0v) is 17.5. The smallest absolute Gasteiger partial charge is 0.253 e. The summed E-state index contributed by atoms with van der Waals surface area (Å²) in [5.41, 5.74) is 3.95. The van der Waals surface area contributed by atoms with Gasteiger partial charge in [0.05, 0.1) is 22.6 Å². The molecular formula is C24H20ClFN4O. The van der Waals surface area contributed by atoms with Crippen molar-refractivity contribution in [3.05, 3.63) is 89.1 Å². The van der Waals surface area contributed by atoms with Crippen LogP contribution in [0.5, 0.6) is 0 Å². The molecule has 1 saturated heterocycles. The lowest BCUT2D eigenvalue weighted by Crippen LogP contribution is -2.39. The monoisotopic (exact) mass is 434 g/mol. The molecule has 156 valence electrons. The highest BCUT2D eigenvalue weighted by Crippen LogP contribution is 2.29. The molecule has 7 heteroatoms. The number of piperidine rings is 1. The molecule has 4 heterocycles. The van der Waals surface area contributed by atoms with Gasteiger partial charge < -0.3 is 4.90 Å². The summed E-state index contributed by atoms with van der Waals surface area (Å²) < 4.78 is 15.1. The predicted octanol–water partition coefficient (Wildman–Crippen LogP) is 5.21. The lowest BCUT2D eigenvalue weighted by molar-refractivity contribution is 0.0706. The molecule has 5 nitrogen and oxygen atoms in total. The zero-order valence-electron chi connectivity index (χ0n) is 16.7. The Labute approximate surface area is 184 Å². The summed E-state index contributed by atoms with van der Waals surface area (Å²) in [4.78, 5) is 24.1. The molecule has 1 amide bonds. The minimum absolute atomic E-state index is 0.0720. The van der Waals surface area contributed by atoms with Gasteiger partial charge in [-0.1, -0.05) is 17.7 Å². The number of aromatic nitrogens is 3. The highest BCUT2D eigenvalue weighted by molar-refractivity contribution is 6.30. The van der Waals surface area contributed by atoms with Crippen molar-refractivity contribution in [2.45, 2.75) is 18.8 Å². The van der Waals surface area contributed by atoms with Crippen molar-refractivity contribution in [1.29, 1.82) is 0 Å². The maximum Gasteiger partial charge on any atom is 0.253 e. The molecule has 5 rings (SSSR count). The number of fused-ring (bicyclic) bond motifs is 1. The minimum Gasteiger partial charge on any atom is -0.338 e. The number of likely N-dealkylation sites (tertiary alicyclic amines) is 1. The minimum atomic E-state index is -0.345. The average molecular weight is 435 g/mol. The summed E-state index contributed by atoms with van der Waals surface area (Å²) in [6, 6.07) is 15.4. The quantitative estimate of drug-likeness (QED) is 0.445. The second-order valence-corrected chi connectivity index (χ2v) is 8.20. The lowest BCUT2D eigenvalue weighted by Gasteiger charge is -2.32. The van der Waals surface area contributed by atoms with Crippen LogP contribution in [0, 0.1) is 5.82 Å². The van der Waals surface area contributed by atoms with Crippen molar-refractivity contribution in [3.8, 4) is 11.4 Å². The fourth-order valence-electron chi connectivity index (χ4n) is 4.14. The van der Waals surface area contributed by atoms with Gasteiger partial charge in [0.1, 0.15) is 11.5 Å². The van der Waals surface area contributed by atoms with Crippen molar-refractivity contribution >= 4 is 23.2 Å². The number of rotatable bonds is 3. The standard InChI is InChI=1S/C24H20ClFN4O/c25-18-8-11-23-27-13-22(30(23)15-18)21-5-1-4-20(28-21)17-3-2-12-29(14-17)24(31)16-6-9-19(26)10-7-16/h1,4-11,13,15,17H,2-3,12,14H2/t17-/m0/s1. The average Bonchev–Trinajstić information content (AvgIpc) is 3.22. The molecule has 31 heavy (non-hydrogen) atoms. The van der Waals surface area contributed by atoms with Crippen molar-refractivity contribution in [2.24, 2.45) is 0 Å². The van der Waals surface area contributed by atoms with Crippen LogP contribution in [-0.2, 0) is 0 Å². The van der Waals surface area contributed by atoms with Crippen LogP contribution in [0.1, 0.15) is 34.8 Å². The highest BCUT2D eigenvalue weighted by atomic mass is 35.5. The molecule has 0 aliphatic carbocycles.